The summed E-state index contributed by atoms with van der Waals surface area (Å²) in [6.45, 7) is 0. The van der Waals surface area contributed by atoms with Crippen LogP contribution < -0.4 is 10.5 Å². The van der Waals surface area contributed by atoms with Gasteiger partial charge in [0.1, 0.15) is 23.1 Å². The van der Waals surface area contributed by atoms with Crippen LogP contribution in [0.5, 0.6) is 5.75 Å². The van der Waals surface area contributed by atoms with E-state index in [4.69, 9.17) is 10.5 Å². The van der Waals surface area contributed by atoms with E-state index >= 15 is 0 Å². The highest BCUT2D eigenvalue weighted by atomic mass is 19.1. The van der Waals surface area contributed by atoms with E-state index in [-0.39, 0.29) is 22.6 Å². The van der Waals surface area contributed by atoms with Gasteiger partial charge in [0, 0.05) is 6.07 Å². The Morgan fingerprint density at radius 3 is 2.00 bits per heavy atom. The fourth-order valence-corrected chi connectivity index (χ4v) is 1.65. The van der Waals surface area contributed by atoms with Gasteiger partial charge in [0.05, 0.1) is 7.11 Å². The summed E-state index contributed by atoms with van der Waals surface area (Å²) in [4.78, 5) is 0. The van der Waals surface area contributed by atoms with Crippen molar-refractivity contribution in [3.05, 3.63) is 47.8 Å². The third-order valence-corrected chi connectivity index (χ3v) is 2.51. The lowest BCUT2D eigenvalue weighted by Crippen LogP contribution is -1.97. The Morgan fingerprint density at radius 2 is 1.44 bits per heavy atom. The summed E-state index contributed by atoms with van der Waals surface area (Å²) >= 11 is 0. The van der Waals surface area contributed by atoms with Crippen molar-refractivity contribution in [2.75, 3.05) is 12.8 Å². The van der Waals surface area contributed by atoms with E-state index in [2.05, 4.69) is 0 Å². The van der Waals surface area contributed by atoms with E-state index < -0.39 is 17.5 Å². The fraction of sp³-hybridized carbons (Fsp3) is 0.0769. The van der Waals surface area contributed by atoms with Gasteiger partial charge in [0.2, 0.25) is 0 Å². The van der Waals surface area contributed by atoms with Crippen LogP contribution in [-0.4, -0.2) is 7.11 Å². The van der Waals surface area contributed by atoms with Crippen LogP contribution in [0.2, 0.25) is 0 Å². The smallest absolute Gasteiger partial charge is 0.150 e. The lowest BCUT2D eigenvalue weighted by atomic mass is 10.0. The molecule has 5 heteroatoms. The number of ether oxygens (including phenoxy) is 1. The first-order valence-electron chi connectivity index (χ1n) is 5.10. The van der Waals surface area contributed by atoms with Gasteiger partial charge in [-0.2, -0.15) is 0 Å². The number of nitrogen functional groups attached to an aromatic ring is 1. The van der Waals surface area contributed by atoms with E-state index in [0.717, 1.165) is 24.3 Å². The lowest BCUT2D eigenvalue weighted by molar-refractivity contribution is 0.414. The molecule has 18 heavy (non-hydrogen) atoms. The molecule has 94 valence electrons. The van der Waals surface area contributed by atoms with Crippen LogP contribution in [0.4, 0.5) is 18.9 Å². The van der Waals surface area contributed by atoms with E-state index in [1.807, 2.05) is 0 Å². The average molecular weight is 253 g/mol. The highest BCUT2D eigenvalue weighted by Gasteiger charge is 2.11. The standard InChI is InChI=1S/C13H10F3NO/c1-18-12-5-8(4-11(16)13(12)17)7-2-9(14)6-10(15)3-7/h2-6H,17H2,1H3. The van der Waals surface area contributed by atoms with Crippen LogP contribution in [0.15, 0.2) is 30.3 Å². The third kappa shape index (κ3) is 2.25. The van der Waals surface area contributed by atoms with Gasteiger partial charge in [-0.1, -0.05) is 0 Å². The zero-order chi connectivity index (χ0) is 13.3. The van der Waals surface area contributed by atoms with Crippen LogP contribution in [0.1, 0.15) is 0 Å². The molecule has 0 saturated heterocycles. The Labute approximate surface area is 102 Å². The van der Waals surface area contributed by atoms with Crippen LogP contribution >= 0.6 is 0 Å². The molecule has 0 radical (unpaired) electrons. The van der Waals surface area contributed by atoms with Crippen molar-refractivity contribution in [2.45, 2.75) is 0 Å². The Balaban J connectivity index is 2.60. The second kappa shape index (κ2) is 4.60. The number of rotatable bonds is 2. The molecular formula is C13H10F3NO. The molecule has 0 fully saturated rings. The molecular weight excluding hydrogens is 243 g/mol. The number of hydrogen-bond donors (Lipinski definition) is 1. The number of anilines is 1. The van der Waals surface area contributed by atoms with Crippen LogP contribution in [-0.2, 0) is 0 Å². The molecule has 0 heterocycles. The zero-order valence-corrected chi connectivity index (χ0v) is 9.51. The predicted octanol–water partition coefficient (Wildman–Crippen LogP) is 3.36. The van der Waals surface area contributed by atoms with Crippen molar-refractivity contribution in [3.8, 4) is 16.9 Å². The van der Waals surface area contributed by atoms with Crippen LogP contribution in [0, 0.1) is 17.5 Å². The normalized spacial score (nSPS) is 10.4. The molecule has 2 rings (SSSR count). The molecule has 2 aromatic rings. The van der Waals surface area contributed by atoms with Gasteiger partial charge in [0.25, 0.3) is 0 Å². The SMILES string of the molecule is COc1cc(-c2cc(F)cc(F)c2)cc(F)c1N. The van der Waals surface area contributed by atoms with E-state index in [1.165, 1.54) is 13.2 Å². The number of benzene rings is 2. The molecule has 0 unspecified atom stereocenters. The molecule has 0 bridgehead atoms. The molecule has 2 N–H and O–H groups in total. The van der Waals surface area contributed by atoms with Gasteiger partial charge in [-0.05, 0) is 35.4 Å². The zero-order valence-electron chi connectivity index (χ0n) is 9.51. The predicted molar refractivity (Wildman–Crippen MR) is 62.7 cm³/mol. The van der Waals surface area contributed by atoms with Gasteiger partial charge in [-0.25, -0.2) is 13.2 Å². The van der Waals surface area contributed by atoms with E-state index in [0.29, 0.717) is 0 Å². The number of methoxy groups -OCH3 is 1. The summed E-state index contributed by atoms with van der Waals surface area (Å²) in [7, 11) is 1.33. The van der Waals surface area contributed by atoms with Crippen molar-refractivity contribution in [3.63, 3.8) is 0 Å². The van der Waals surface area contributed by atoms with Gasteiger partial charge in [-0.15, -0.1) is 0 Å². The molecule has 0 spiro atoms. The third-order valence-electron chi connectivity index (χ3n) is 2.51. The topological polar surface area (TPSA) is 35.2 Å². The minimum absolute atomic E-state index is 0.120. The Bertz CT molecular complexity index is 579. The minimum atomic E-state index is -0.735. The first kappa shape index (κ1) is 12.3. The van der Waals surface area contributed by atoms with E-state index in [9.17, 15) is 13.2 Å². The summed E-state index contributed by atoms with van der Waals surface area (Å²) < 4.78 is 44.6. The summed E-state index contributed by atoms with van der Waals surface area (Å²) in [5.74, 6) is -2.05. The van der Waals surface area contributed by atoms with Crippen molar-refractivity contribution >= 4 is 5.69 Å². The molecule has 2 aromatic carbocycles. The maximum absolute atomic E-state index is 13.5. The molecule has 0 atom stereocenters. The van der Waals surface area contributed by atoms with Gasteiger partial charge in [-0.3, -0.25) is 0 Å². The first-order valence-corrected chi connectivity index (χ1v) is 5.10. The summed E-state index contributed by atoms with van der Waals surface area (Å²) in [6.07, 6.45) is 0. The molecule has 0 aliphatic heterocycles. The Morgan fingerprint density at radius 1 is 0.889 bits per heavy atom. The number of hydrogen-bond acceptors (Lipinski definition) is 2. The van der Waals surface area contributed by atoms with E-state index in [1.54, 1.807) is 0 Å². The van der Waals surface area contributed by atoms with Crippen LogP contribution in [0.3, 0.4) is 0 Å². The second-order valence-corrected chi connectivity index (χ2v) is 3.73. The van der Waals surface area contributed by atoms with Crippen molar-refractivity contribution in [1.29, 1.82) is 0 Å². The molecule has 0 aromatic heterocycles. The molecule has 0 amide bonds. The summed E-state index contributed by atoms with van der Waals surface area (Å²) in [6, 6.07) is 5.48. The second-order valence-electron chi connectivity index (χ2n) is 3.73. The van der Waals surface area contributed by atoms with Crippen molar-refractivity contribution < 1.29 is 17.9 Å². The quantitative estimate of drug-likeness (QED) is 0.833. The van der Waals surface area contributed by atoms with Crippen molar-refractivity contribution in [1.82, 2.24) is 0 Å². The number of nitrogens with two attached hydrogens (primary N) is 1. The largest absolute Gasteiger partial charge is 0.494 e. The first-order chi connectivity index (χ1) is 8.51. The van der Waals surface area contributed by atoms with Gasteiger partial charge in [0.15, 0.2) is 5.82 Å². The summed E-state index contributed by atoms with van der Waals surface area (Å²) in [5, 5.41) is 0. The molecule has 0 aliphatic rings. The fourth-order valence-electron chi connectivity index (χ4n) is 1.65. The maximum Gasteiger partial charge on any atom is 0.150 e. The van der Waals surface area contributed by atoms with Gasteiger partial charge < -0.3 is 10.5 Å². The average Bonchev–Trinajstić information content (AvgIpc) is 2.31. The number of halogens is 3. The van der Waals surface area contributed by atoms with Crippen LogP contribution in [0.25, 0.3) is 11.1 Å². The minimum Gasteiger partial charge on any atom is -0.494 e. The maximum atomic E-state index is 13.5. The van der Waals surface area contributed by atoms with Gasteiger partial charge >= 0.3 is 0 Å². The highest BCUT2D eigenvalue weighted by Crippen LogP contribution is 2.32. The molecule has 2 nitrogen and oxygen atoms in total. The lowest BCUT2D eigenvalue weighted by Gasteiger charge is -2.09. The highest BCUT2D eigenvalue weighted by molar-refractivity contribution is 5.70. The monoisotopic (exact) mass is 253 g/mol. The Kier molecular flexibility index (Phi) is 3.14. The Hall–Kier alpha value is -2.17. The molecule has 0 saturated carbocycles. The molecule has 0 aliphatic carbocycles. The summed E-state index contributed by atoms with van der Waals surface area (Å²) in [5.41, 5.74) is 5.81. The van der Waals surface area contributed by atoms with Crippen molar-refractivity contribution in [2.24, 2.45) is 0 Å².